The van der Waals surface area contributed by atoms with E-state index >= 15 is 0 Å². The van der Waals surface area contributed by atoms with E-state index in [2.05, 4.69) is 25.8 Å². The first-order chi connectivity index (χ1) is 12.1. The molecule has 1 aromatic heterocycles. The number of benzene rings is 2. The number of hydrogen-bond acceptors (Lipinski definition) is 6. The molecule has 3 aromatic rings. The van der Waals surface area contributed by atoms with Crippen LogP contribution in [0.3, 0.4) is 0 Å². The molecule has 6 heteroatoms. The smallest absolute Gasteiger partial charge is 0.249 e. The maximum atomic E-state index is 5.80. The van der Waals surface area contributed by atoms with Crippen LogP contribution in [0.15, 0.2) is 54.7 Å². The summed E-state index contributed by atoms with van der Waals surface area (Å²) in [5.74, 6) is 1.76. The van der Waals surface area contributed by atoms with Gasteiger partial charge in [0.25, 0.3) is 0 Å². The fraction of sp³-hybridized carbons (Fsp3) is 0.211. The van der Waals surface area contributed by atoms with E-state index < -0.39 is 0 Å². The molecule has 0 radical (unpaired) electrons. The molecule has 0 amide bonds. The first-order valence-electron chi connectivity index (χ1n) is 8.16. The summed E-state index contributed by atoms with van der Waals surface area (Å²) in [6.45, 7) is 6.02. The maximum absolute atomic E-state index is 5.80. The molecule has 1 heterocycles. The molecule has 25 heavy (non-hydrogen) atoms. The average molecular weight is 335 g/mol. The van der Waals surface area contributed by atoms with Gasteiger partial charge in [-0.15, -0.1) is 5.10 Å². The van der Waals surface area contributed by atoms with Crippen LogP contribution in [0.1, 0.15) is 19.4 Å². The van der Waals surface area contributed by atoms with Crippen molar-refractivity contribution in [3.8, 4) is 5.75 Å². The number of nitrogens with zero attached hydrogens (tertiary/aromatic N) is 3. The Hall–Kier alpha value is -3.15. The van der Waals surface area contributed by atoms with Crippen molar-refractivity contribution >= 4 is 23.1 Å². The van der Waals surface area contributed by atoms with Crippen molar-refractivity contribution in [2.45, 2.75) is 26.9 Å². The van der Waals surface area contributed by atoms with Gasteiger partial charge >= 0.3 is 0 Å². The van der Waals surface area contributed by atoms with Gasteiger partial charge in [-0.25, -0.2) is 0 Å². The van der Waals surface area contributed by atoms with Crippen LogP contribution in [-0.2, 0) is 0 Å². The molecular weight excluding hydrogens is 314 g/mol. The van der Waals surface area contributed by atoms with Gasteiger partial charge in [-0.05, 0) is 50.6 Å². The number of anilines is 4. The van der Waals surface area contributed by atoms with Crippen molar-refractivity contribution in [1.82, 2.24) is 15.2 Å². The van der Waals surface area contributed by atoms with Crippen LogP contribution >= 0.6 is 0 Å². The largest absolute Gasteiger partial charge is 0.489 e. The minimum absolute atomic E-state index is 0.0799. The number of aromatic nitrogens is 3. The topological polar surface area (TPSA) is 72.0 Å². The van der Waals surface area contributed by atoms with Crippen LogP contribution in [0, 0.1) is 6.92 Å². The second kappa shape index (κ2) is 7.61. The lowest BCUT2D eigenvalue weighted by Gasteiger charge is -2.14. The van der Waals surface area contributed by atoms with Gasteiger partial charge in [0, 0.05) is 5.69 Å². The molecule has 0 bridgehead atoms. The molecule has 0 aliphatic heterocycles. The Morgan fingerprint density at radius 1 is 1.00 bits per heavy atom. The number of nitrogens with one attached hydrogen (secondary N) is 2. The summed E-state index contributed by atoms with van der Waals surface area (Å²) < 4.78 is 5.80. The highest BCUT2D eigenvalue weighted by molar-refractivity contribution is 5.63. The van der Waals surface area contributed by atoms with Crippen LogP contribution in [-0.4, -0.2) is 21.3 Å². The Bertz CT molecular complexity index is 850. The second-order valence-electron chi connectivity index (χ2n) is 5.95. The number of hydrogen-bond donors (Lipinski definition) is 2. The van der Waals surface area contributed by atoms with Gasteiger partial charge < -0.3 is 15.4 Å². The van der Waals surface area contributed by atoms with Crippen molar-refractivity contribution in [3.63, 3.8) is 0 Å². The predicted molar refractivity (Wildman–Crippen MR) is 99.8 cm³/mol. The zero-order chi connectivity index (χ0) is 17.6. The van der Waals surface area contributed by atoms with Gasteiger partial charge in [0.2, 0.25) is 5.95 Å². The molecule has 0 saturated carbocycles. The molecule has 0 atom stereocenters. The summed E-state index contributed by atoms with van der Waals surface area (Å²) in [6.07, 6.45) is 1.67. The third-order valence-corrected chi connectivity index (χ3v) is 3.35. The lowest BCUT2D eigenvalue weighted by Crippen LogP contribution is -2.08. The number of aryl methyl sites for hydroxylation is 1. The predicted octanol–water partition coefficient (Wildman–Crippen LogP) is 4.45. The standard InChI is InChI=1S/C19H21N5O/c1-13(2)25-17-10-5-4-9-16(17)22-19-23-18(12-20-24-19)21-15-8-6-7-14(3)11-15/h4-13H,1-3H3,(H2,21,22,23,24). The summed E-state index contributed by atoms with van der Waals surface area (Å²) in [7, 11) is 0. The van der Waals surface area contributed by atoms with Crippen molar-refractivity contribution in [3.05, 3.63) is 60.3 Å². The van der Waals surface area contributed by atoms with E-state index in [9.17, 15) is 0 Å². The molecule has 2 aromatic carbocycles. The maximum Gasteiger partial charge on any atom is 0.249 e. The van der Waals surface area contributed by atoms with Gasteiger partial charge in [0.05, 0.1) is 18.0 Å². The normalized spacial score (nSPS) is 10.6. The molecule has 2 N–H and O–H groups in total. The summed E-state index contributed by atoms with van der Waals surface area (Å²) in [5, 5.41) is 14.5. The van der Waals surface area contributed by atoms with Crippen molar-refractivity contribution in [2.75, 3.05) is 10.6 Å². The third kappa shape index (κ3) is 4.67. The van der Waals surface area contributed by atoms with Crippen LogP contribution in [0.25, 0.3) is 0 Å². The number of rotatable bonds is 6. The molecular formula is C19H21N5O. The Balaban J connectivity index is 1.78. The van der Waals surface area contributed by atoms with E-state index in [1.54, 1.807) is 6.20 Å². The highest BCUT2D eigenvalue weighted by Crippen LogP contribution is 2.27. The van der Waals surface area contributed by atoms with Gasteiger partial charge in [-0.1, -0.05) is 24.3 Å². The molecule has 0 fully saturated rings. The molecule has 0 unspecified atom stereocenters. The highest BCUT2D eigenvalue weighted by Gasteiger charge is 2.08. The summed E-state index contributed by atoms with van der Waals surface area (Å²) >= 11 is 0. The summed E-state index contributed by atoms with van der Waals surface area (Å²) in [4.78, 5) is 4.46. The van der Waals surface area contributed by atoms with E-state index in [0.717, 1.165) is 17.1 Å². The van der Waals surface area contributed by atoms with Crippen molar-refractivity contribution in [1.29, 1.82) is 0 Å². The van der Waals surface area contributed by atoms with Crippen molar-refractivity contribution < 1.29 is 4.74 Å². The van der Waals surface area contributed by atoms with E-state index in [1.165, 1.54) is 5.56 Å². The minimum Gasteiger partial charge on any atom is -0.489 e. The molecule has 6 nitrogen and oxygen atoms in total. The Labute approximate surface area is 147 Å². The lowest BCUT2D eigenvalue weighted by atomic mass is 10.2. The Kier molecular flexibility index (Phi) is 5.09. The van der Waals surface area contributed by atoms with E-state index in [-0.39, 0.29) is 6.10 Å². The number of para-hydroxylation sites is 2. The quantitative estimate of drug-likeness (QED) is 0.693. The van der Waals surface area contributed by atoms with Gasteiger partial charge in [-0.2, -0.15) is 10.1 Å². The van der Waals surface area contributed by atoms with E-state index in [1.807, 2.05) is 69.3 Å². The fourth-order valence-corrected chi connectivity index (χ4v) is 2.33. The second-order valence-corrected chi connectivity index (χ2v) is 5.95. The van der Waals surface area contributed by atoms with Crippen LogP contribution < -0.4 is 15.4 Å². The first kappa shape index (κ1) is 16.7. The fourth-order valence-electron chi connectivity index (χ4n) is 2.33. The monoisotopic (exact) mass is 335 g/mol. The molecule has 0 aliphatic carbocycles. The van der Waals surface area contributed by atoms with Gasteiger partial charge in [-0.3, -0.25) is 0 Å². The Morgan fingerprint density at radius 3 is 2.64 bits per heavy atom. The summed E-state index contributed by atoms with van der Waals surface area (Å²) in [5.41, 5.74) is 2.92. The van der Waals surface area contributed by atoms with Gasteiger partial charge in [0.1, 0.15) is 5.75 Å². The molecule has 0 saturated heterocycles. The zero-order valence-electron chi connectivity index (χ0n) is 14.5. The summed E-state index contributed by atoms with van der Waals surface area (Å²) in [6, 6.07) is 15.7. The molecule has 0 aliphatic rings. The Morgan fingerprint density at radius 2 is 1.84 bits per heavy atom. The molecule has 3 rings (SSSR count). The lowest BCUT2D eigenvalue weighted by molar-refractivity contribution is 0.244. The van der Waals surface area contributed by atoms with Crippen LogP contribution in [0.4, 0.5) is 23.1 Å². The zero-order valence-corrected chi connectivity index (χ0v) is 14.5. The SMILES string of the molecule is Cc1cccc(Nc2cnnc(Nc3ccccc3OC(C)C)n2)c1. The van der Waals surface area contributed by atoms with E-state index in [0.29, 0.717) is 11.8 Å². The van der Waals surface area contributed by atoms with Gasteiger partial charge in [0.15, 0.2) is 5.82 Å². The first-order valence-corrected chi connectivity index (χ1v) is 8.16. The average Bonchev–Trinajstić information content (AvgIpc) is 2.57. The number of ether oxygens (including phenoxy) is 1. The van der Waals surface area contributed by atoms with Crippen LogP contribution in [0.5, 0.6) is 5.75 Å². The minimum atomic E-state index is 0.0799. The van der Waals surface area contributed by atoms with E-state index in [4.69, 9.17) is 4.74 Å². The van der Waals surface area contributed by atoms with Crippen LogP contribution in [0.2, 0.25) is 0 Å². The molecule has 128 valence electrons. The third-order valence-electron chi connectivity index (χ3n) is 3.35. The highest BCUT2D eigenvalue weighted by atomic mass is 16.5. The van der Waals surface area contributed by atoms with Crippen molar-refractivity contribution in [2.24, 2.45) is 0 Å². The molecule has 0 spiro atoms.